The lowest BCUT2D eigenvalue weighted by Crippen LogP contribution is -2.51. The number of hydrogen-bond donors (Lipinski definition) is 1. The van der Waals surface area contributed by atoms with E-state index < -0.39 is 6.04 Å². The lowest BCUT2D eigenvalue weighted by atomic mass is 9.96. The van der Waals surface area contributed by atoms with Gasteiger partial charge in [-0.05, 0) is 68.5 Å². The average Bonchev–Trinajstić information content (AvgIpc) is 3.30. The van der Waals surface area contributed by atoms with Crippen LogP contribution >= 0.6 is 15.9 Å². The standard InChI is InChI=1S/C24H27BrN4O3/c1-16-5-2-12-26-21(16)27-22(30)18-6-3-13-28(15-18)24(32)20-7-4-14-29(20)23(31)17-8-10-19(25)11-9-17/h2,5,8-12,18,20H,3-4,6-7,13-15H2,1H3,(H,26,27,30). The molecule has 0 spiro atoms. The molecule has 4 rings (SSSR count). The number of piperidine rings is 1. The molecule has 2 fully saturated rings. The van der Waals surface area contributed by atoms with Gasteiger partial charge in [0.2, 0.25) is 11.8 Å². The van der Waals surface area contributed by atoms with Crippen molar-refractivity contribution in [3.05, 3.63) is 58.2 Å². The van der Waals surface area contributed by atoms with Crippen molar-refractivity contribution in [2.45, 2.75) is 38.6 Å². The molecule has 2 aliphatic heterocycles. The lowest BCUT2D eigenvalue weighted by molar-refractivity contribution is -0.138. The van der Waals surface area contributed by atoms with Crippen molar-refractivity contribution in [3.63, 3.8) is 0 Å². The first-order valence-electron chi connectivity index (χ1n) is 11.0. The van der Waals surface area contributed by atoms with Gasteiger partial charge < -0.3 is 15.1 Å². The van der Waals surface area contributed by atoms with Crippen LogP contribution in [0.5, 0.6) is 0 Å². The van der Waals surface area contributed by atoms with Gasteiger partial charge in [-0.25, -0.2) is 4.98 Å². The number of nitrogens with one attached hydrogen (secondary N) is 1. The molecule has 0 aliphatic carbocycles. The van der Waals surface area contributed by atoms with E-state index in [2.05, 4.69) is 26.2 Å². The Kier molecular flexibility index (Phi) is 6.89. The number of amides is 3. The molecule has 1 N–H and O–H groups in total. The molecule has 3 heterocycles. The van der Waals surface area contributed by atoms with Gasteiger partial charge in [-0.1, -0.05) is 22.0 Å². The maximum atomic E-state index is 13.4. The number of anilines is 1. The smallest absolute Gasteiger partial charge is 0.254 e. The summed E-state index contributed by atoms with van der Waals surface area (Å²) in [4.78, 5) is 46.9. The van der Waals surface area contributed by atoms with Crippen molar-refractivity contribution < 1.29 is 14.4 Å². The van der Waals surface area contributed by atoms with E-state index in [0.29, 0.717) is 37.4 Å². The van der Waals surface area contributed by atoms with Gasteiger partial charge in [0, 0.05) is 35.9 Å². The van der Waals surface area contributed by atoms with E-state index in [0.717, 1.165) is 29.3 Å². The first-order valence-corrected chi connectivity index (χ1v) is 11.8. The molecule has 7 nitrogen and oxygen atoms in total. The second-order valence-corrected chi connectivity index (χ2v) is 9.36. The largest absolute Gasteiger partial charge is 0.340 e. The van der Waals surface area contributed by atoms with Gasteiger partial charge in [0.05, 0.1) is 5.92 Å². The van der Waals surface area contributed by atoms with Crippen molar-refractivity contribution in [3.8, 4) is 0 Å². The number of nitrogens with zero attached hydrogens (tertiary/aromatic N) is 3. The topological polar surface area (TPSA) is 82.6 Å². The molecule has 0 radical (unpaired) electrons. The maximum absolute atomic E-state index is 13.4. The van der Waals surface area contributed by atoms with Gasteiger partial charge >= 0.3 is 0 Å². The minimum Gasteiger partial charge on any atom is -0.340 e. The number of aryl methyl sites for hydroxylation is 1. The van der Waals surface area contributed by atoms with Crippen LogP contribution in [0.2, 0.25) is 0 Å². The van der Waals surface area contributed by atoms with Crippen molar-refractivity contribution in [2.75, 3.05) is 25.0 Å². The van der Waals surface area contributed by atoms with Crippen molar-refractivity contribution in [1.29, 1.82) is 0 Å². The van der Waals surface area contributed by atoms with E-state index in [1.807, 2.05) is 31.2 Å². The minimum atomic E-state index is -0.467. The van der Waals surface area contributed by atoms with E-state index in [4.69, 9.17) is 0 Å². The normalized spacial score (nSPS) is 20.8. The third kappa shape index (κ3) is 4.85. The summed E-state index contributed by atoms with van der Waals surface area (Å²) >= 11 is 3.38. The van der Waals surface area contributed by atoms with E-state index in [9.17, 15) is 14.4 Å². The van der Waals surface area contributed by atoms with Gasteiger partial charge in [0.1, 0.15) is 11.9 Å². The fraction of sp³-hybridized carbons (Fsp3) is 0.417. The highest BCUT2D eigenvalue weighted by molar-refractivity contribution is 9.10. The summed E-state index contributed by atoms with van der Waals surface area (Å²) in [6.45, 7) is 3.45. The molecule has 3 amide bonds. The summed E-state index contributed by atoms with van der Waals surface area (Å²) in [5, 5.41) is 2.91. The molecule has 8 heteroatoms. The van der Waals surface area contributed by atoms with E-state index >= 15 is 0 Å². The number of aromatic nitrogens is 1. The molecule has 1 aromatic carbocycles. The zero-order valence-electron chi connectivity index (χ0n) is 18.1. The number of pyridine rings is 1. The van der Waals surface area contributed by atoms with Crippen LogP contribution in [-0.2, 0) is 9.59 Å². The molecule has 2 aliphatic rings. The number of rotatable bonds is 4. The Morgan fingerprint density at radius 2 is 1.81 bits per heavy atom. The fourth-order valence-electron chi connectivity index (χ4n) is 4.46. The molecule has 2 atom stereocenters. The fourth-order valence-corrected chi connectivity index (χ4v) is 4.73. The summed E-state index contributed by atoms with van der Waals surface area (Å²) in [5.74, 6) is -0.0163. The zero-order valence-corrected chi connectivity index (χ0v) is 19.7. The minimum absolute atomic E-state index is 0.0560. The molecule has 2 unspecified atom stereocenters. The third-order valence-corrected chi connectivity index (χ3v) is 6.77. The van der Waals surface area contributed by atoms with Crippen LogP contribution in [0.1, 0.15) is 41.6 Å². The summed E-state index contributed by atoms with van der Waals surface area (Å²) in [6, 6.07) is 10.5. The quantitative estimate of drug-likeness (QED) is 0.697. The maximum Gasteiger partial charge on any atom is 0.254 e. The van der Waals surface area contributed by atoms with Crippen LogP contribution in [0.15, 0.2) is 47.1 Å². The molecule has 0 saturated carbocycles. The van der Waals surface area contributed by atoms with E-state index in [1.54, 1.807) is 28.1 Å². The number of hydrogen-bond acceptors (Lipinski definition) is 4. The summed E-state index contributed by atoms with van der Waals surface area (Å²) in [6.07, 6.45) is 4.60. The second-order valence-electron chi connectivity index (χ2n) is 8.45. The van der Waals surface area contributed by atoms with Crippen LogP contribution in [0, 0.1) is 12.8 Å². The highest BCUT2D eigenvalue weighted by Crippen LogP contribution is 2.26. The molecule has 0 bridgehead atoms. The summed E-state index contributed by atoms with van der Waals surface area (Å²) in [5.41, 5.74) is 1.48. The van der Waals surface area contributed by atoms with Crippen molar-refractivity contribution in [2.24, 2.45) is 5.92 Å². The Morgan fingerprint density at radius 1 is 1.06 bits per heavy atom. The van der Waals surface area contributed by atoms with Crippen LogP contribution in [-0.4, -0.2) is 58.2 Å². The van der Waals surface area contributed by atoms with E-state index in [-0.39, 0.29) is 23.6 Å². The molecular formula is C24H27BrN4O3. The van der Waals surface area contributed by atoms with Gasteiger partial charge in [0.15, 0.2) is 0 Å². The third-order valence-electron chi connectivity index (χ3n) is 6.24. The van der Waals surface area contributed by atoms with Crippen molar-refractivity contribution in [1.82, 2.24) is 14.8 Å². The van der Waals surface area contributed by atoms with Gasteiger partial charge in [0.25, 0.3) is 5.91 Å². The monoisotopic (exact) mass is 498 g/mol. The molecule has 2 saturated heterocycles. The highest BCUT2D eigenvalue weighted by atomic mass is 79.9. The van der Waals surface area contributed by atoms with Crippen LogP contribution in [0.25, 0.3) is 0 Å². The van der Waals surface area contributed by atoms with Crippen LogP contribution < -0.4 is 5.32 Å². The average molecular weight is 499 g/mol. The van der Waals surface area contributed by atoms with Gasteiger partial charge in [-0.3, -0.25) is 14.4 Å². The number of likely N-dealkylation sites (tertiary alicyclic amines) is 2. The van der Waals surface area contributed by atoms with Gasteiger partial charge in [-0.15, -0.1) is 0 Å². The summed E-state index contributed by atoms with van der Waals surface area (Å²) in [7, 11) is 0. The molecular weight excluding hydrogens is 472 g/mol. The van der Waals surface area contributed by atoms with E-state index in [1.165, 1.54) is 0 Å². The predicted molar refractivity (Wildman–Crippen MR) is 125 cm³/mol. The lowest BCUT2D eigenvalue weighted by Gasteiger charge is -2.35. The number of halogens is 1. The first kappa shape index (κ1) is 22.5. The van der Waals surface area contributed by atoms with Crippen LogP contribution in [0.3, 0.4) is 0 Å². The number of carbonyl (C=O) groups is 3. The molecule has 168 valence electrons. The second kappa shape index (κ2) is 9.81. The highest BCUT2D eigenvalue weighted by Gasteiger charge is 2.39. The Bertz CT molecular complexity index is 1010. The predicted octanol–water partition coefficient (Wildman–Crippen LogP) is 3.63. The Morgan fingerprint density at radius 3 is 2.56 bits per heavy atom. The Balaban J connectivity index is 1.42. The molecule has 32 heavy (non-hydrogen) atoms. The molecule has 2 aromatic rings. The first-order chi connectivity index (χ1) is 15.4. The van der Waals surface area contributed by atoms with Crippen LogP contribution in [0.4, 0.5) is 5.82 Å². The molecule has 1 aromatic heterocycles. The Hall–Kier alpha value is -2.74. The number of carbonyl (C=O) groups excluding carboxylic acids is 3. The SMILES string of the molecule is Cc1cccnc1NC(=O)C1CCCN(C(=O)C2CCCN2C(=O)c2ccc(Br)cc2)C1. The zero-order chi connectivity index (χ0) is 22.7. The van der Waals surface area contributed by atoms with Crippen molar-refractivity contribution >= 4 is 39.5 Å². The number of benzene rings is 1. The summed E-state index contributed by atoms with van der Waals surface area (Å²) < 4.78 is 0.904. The Labute approximate surface area is 196 Å². The van der Waals surface area contributed by atoms with Gasteiger partial charge in [-0.2, -0.15) is 0 Å².